The van der Waals surface area contributed by atoms with Crippen molar-refractivity contribution in [1.29, 1.82) is 0 Å². The molecule has 1 saturated heterocycles. The van der Waals surface area contributed by atoms with Gasteiger partial charge in [-0.1, -0.05) is 6.07 Å². The molecule has 3 N–H and O–H groups in total. The van der Waals surface area contributed by atoms with E-state index < -0.39 is 35.4 Å². The normalized spacial score (nSPS) is 28.4. The number of hydrogen-bond acceptors (Lipinski definition) is 8. The largest absolute Gasteiger partial charge is 0.449 e. The number of amides is 2. The molecular formula is C30H38F3N5O5. The summed E-state index contributed by atoms with van der Waals surface area (Å²) in [6, 6.07) is 2.88. The molecule has 0 radical (unpaired) electrons. The van der Waals surface area contributed by atoms with Crippen LogP contribution >= 0.6 is 0 Å². The van der Waals surface area contributed by atoms with E-state index in [9.17, 15) is 27.6 Å². The summed E-state index contributed by atoms with van der Waals surface area (Å²) in [5.74, 6) is -0.345. The second-order valence-electron chi connectivity index (χ2n) is 12.6. The Morgan fingerprint density at radius 1 is 0.953 bits per heavy atom. The van der Waals surface area contributed by atoms with Crippen LogP contribution in [0.25, 0.3) is 10.9 Å². The number of fused-ring (bicyclic) bond motifs is 1. The summed E-state index contributed by atoms with van der Waals surface area (Å²) in [5, 5.41) is 8.79. The first-order valence-electron chi connectivity index (χ1n) is 15.2. The van der Waals surface area contributed by atoms with Crippen LogP contribution in [-0.2, 0) is 25.2 Å². The lowest BCUT2D eigenvalue weighted by atomic mass is 9.53. The third-order valence-corrected chi connectivity index (χ3v) is 9.42. The molecule has 7 rings (SSSR count). The lowest BCUT2D eigenvalue weighted by Crippen LogP contribution is -2.58. The smallest absolute Gasteiger partial charge is 0.382 e. The molecule has 5 fully saturated rings. The van der Waals surface area contributed by atoms with E-state index in [0.29, 0.717) is 29.9 Å². The molecule has 4 saturated carbocycles. The standard InChI is InChI=1S/C30H38F3N5O5/c31-30(32,33)28-36-22-3-1-2-21(25(22)27(41)38(28)23-4-5-24(39)37-26(23)40)34-6-8-42-10-11-43-9-7-35-29-15-18-12-19(16-29)14-20(13-18)17-29/h1-3,18-20,23,34-35H,4-17H2,(H,37,39,40). The maximum absolute atomic E-state index is 13.9. The number of carbonyl (C=O) groups excluding carboxylic acids is 2. The minimum atomic E-state index is -4.99. The number of alkyl halides is 3. The highest BCUT2D eigenvalue weighted by Crippen LogP contribution is 2.55. The lowest BCUT2D eigenvalue weighted by molar-refractivity contribution is -0.150. The number of anilines is 1. The SMILES string of the molecule is O=C1CCC(n2c(C(F)(F)F)nc3cccc(NCCOCCOCCNC45CC6CC(CC(C6)C4)C5)c3c2=O)C(=O)N1. The first kappa shape index (κ1) is 30.0. The Morgan fingerprint density at radius 2 is 1.60 bits per heavy atom. The van der Waals surface area contributed by atoms with E-state index in [2.05, 4.69) is 15.6 Å². The maximum atomic E-state index is 13.9. The van der Waals surface area contributed by atoms with Crippen molar-refractivity contribution in [3.63, 3.8) is 0 Å². The Labute approximate surface area is 247 Å². The first-order valence-corrected chi connectivity index (χ1v) is 15.2. The van der Waals surface area contributed by atoms with Crippen molar-refractivity contribution in [3.05, 3.63) is 34.4 Å². The highest BCUT2D eigenvalue weighted by Gasteiger charge is 2.50. The molecule has 4 aliphatic carbocycles. The molecule has 1 atom stereocenters. The Hall–Kier alpha value is -3.03. The fraction of sp³-hybridized carbons (Fsp3) is 0.667. The Morgan fingerprint density at radius 3 is 2.23 bits per heavy atom. The highest BCUT2D eigenvalue weighted by atomic mass is 19.4. The molecule has 4 bridgehead atoms. The first-order chi connectivity index (χ1) is 20.6. The summed E-state index contributed by atoms with van der Waals surface area (Å²) >= 11 is 0. The molecule has 5 aliphatic rings. The number of ether oxygens (including phenoxy) is 2. The maximum Gasteiger partial charge on any atom is 0.449 e. The fourth-order valence-electron chi connectivity index (χ4n) is 8.10. The van der Waals surface area contributed by atoms with Crippen molar-refractivity contribution in [2.45, 2.75) is 69.1 Å². The van der Waals surface area contributed by atoms with Gasteiger partial charge in [-0.25, -0.2) is 4.98 Å². The van der Waals surface area contributed by atoms with Gasteiger partial charge in [-0.15, -0.1) is 0 Å². The number of nitrogens with zero attached hydrogens (tertiary/aromatic N) is 2. The number of piperidine rings is 1. The number of aromatic nitrogens is 2. The Balaban J connectivity index is 0.993. The predicted octanol–water partition coefficient (Wildman–Crippen LogP) is 3.40. The molecular weight excluding hydrogens is 567 g/mol. The Kier molecular flexibility index (Phi) is 8.49. The van der Waals surface area contributed by atoms with E-state index in [1.54, 1.807) is 6.07 Å². The van der Waals surface area contributed by atoms with E-state index in [4.69, 9.17) is 9.47 Å². The van der Waals surface area contributed by atoms with Gasteiger partial charge in [0.2, 0.25) is 17.6 Å². The van der Waals surface area contributed by atoms with E-state index in [-0.39, 0.29) is 42.6 Å². The van der Waals surface area contributed by atoms with E-state index >= 15 is 0 Å². The molecule has 2 heterocycles. The second kappa shape index (κ2) is 12.2. The molecule has 0 spiro atoms. The molecule has 10 nitrogen and oxygen atoms in total. The third kappa shape index (κ3) is 6.44. The number of hydrogen-bond donors (Lipinski definition) is 3. The van der Waals surface area contributed by atoms with E-state index in [1.165, 1.54) is 50.7 Å². The quantitative estimate of drug-likeness (QED) is 0.249. The summed E-state index contributed by atoms with van der Waals surface area (Å²) in [4.78, 5) is 41.1. The summed E-state index contributed by atoms with van der Waals surface area (Å²) in [7, 11) is 0. The summed E-state index contributed by atoms with van der Waals surface area (Å²) < 4.78 is 53.5. The molecule has 234 valence electrons. The average molecular weight is 606 g/mol. The molecule has 1 aliphatic heterocycles. The van der Waals surface area contributed by atoms with Crippen LogP contribution in [-0.4, -0.2) is 66.4 Å². The van der Waals surface area contributed by atoms with Crippen LogP contribution < -0.4 is 21.5 Å². The highest BCUT2D eigenvalue weighted by molar-refractivity contribution is 5.99. The summed E-state index contributed by atoms with van der Waals surface area (Å²) in [6.45, 7) is 2.83. The van der Waals surface area contributed by atoms with Gasteiger partial charge in [0.15, 0.2) is 0 Å². The van der Waals surface area contributed by atoms with Crippen molar-refractivity contribution in [1.82, 2.24) is 20.2 Å². The monoisotopic (exact) mass is 605 g/mol. The second-order valence-corrected chi connectivity index (χ2v) is 12.6. The molecule has 1 aromatic carbocycles. The number of halogens is 3. The van der Waals surface area contributed by atoms with Gasteiger partial charge in [-0.05, 0) is 74.8 Å². The topological polar surface area (TPSA) is 124 Å². The zero-order valence-corrected chi connectivity index (χ0v) is 24.0. The number of carbonyl (C=O) groups is 2. The molecule has 1 aromatic heterocycles. The number of imide groups is 1. The van der Waals surface area contributed by atoms with Crippen LogP contribution in [0.4, 0.5) is 18.9 Å². The minimum absolute atomic E-state index is 0.0740. The van der Waals surface area contributed by atoms with Crippen LogP contribution in [0.5, 0.6) is 0 Å². The van der Waals surface area contributed by atoms with Crippen molar-refractivity contribution < 1.29 is 32.2 Å². The lowest BCUT2D eigenvalue weighted by Gasteiger charge is -2.57. The van der Waals surface area contributed by atoms with Crippen LogP contribution in [0.1, 0.15) is 63.2 Å². The average Bonchev–Trinajstić information content (AvgIpc) is 2.93. The molecule has 2 amide bonds. The van der Waals surface area contributed by atoms with Crippen molar-refractivity contribution in [2.24, 2.45) is 17.8 Å². The molecule has 13 heteroatoms. The van der Waals surface area contributed by atoms with Crippen molar-refractivity contribution in [3.8, 4) is 0 Å². The van der Waals surface area contributed by atoms with Crippen LogP contribution in [0.2, 0.25) is 0 Å². The molecule has 1 unspecified atom stereocenters. The van der Waals surface area contributed by atoms with Gasteiger partial charge in [-0.2, -0.15) is 13.2 Å². The predicted molar refractivity (Wildman–Crippen MR) is 151 cm³/mol. The molecule has 43 heavy (non-hydrogen) atoms. The fourth-order valence-corrected chi connectivity index (χ4v) is 8.10. The summed E-state index contributed by atoms with van der Waals surface area (Å²) in [6.07, 6.45) is 2.76. The van der Waals surface area contributed by atoms with Crippen LogP contribution in [0.3, 0.4) is 0 Å². The third-order valence-electron chi connectivity index (χ3n) is 9.42. The van der Waals surface area contributed by atoms with Crippen LogP contribution in [0.15, 0.2) is 23.0 Å². The van der Waals surface area contributed by atoms with Gasteiger partial charge >= 0.3 is 6.18 Å². The van der Waals surface area contributed by atoms with E-state index in [0.717, 1.165) is 24.3 Å². The number of rotatable bonds is 12. The summed E-state index contributed by atoms with van der Waals surface area (Å²) in [5.41, 5.74) is -0.564. The minimum Gasteiger partial charge on any atom is -0.382 e. The van der Waals surface area contributed by atoms with Crippen molar-refractivity contribution >= 4 is 28.4 Å². The number of nitrogens with one attached hydrogen (secondary N) is 3. The Bertz CT molecular complexity index is 1390. The van der Waals surface area contributed by atoms with Gasteiger partial charge in [-0.3, -0.25) is 24.3 Å². The van der Waals surface area contributed by atoms with Gasteiger partial charge in [0.25, 0.3) is 5.56 Å². The zero-order valence-electron chi connectivity index (χ0n) is 24.0. The van der Waals surface area contributed by atoms with E-state index in [1.807, 2.05) is 5.32 Å². The van der Waals surface area contributed by atoms with Gasteiger partial charge in [0.1, 0.15) is 6.04 Å². The van der Waals surface area contributed by atoms with Crippen molar-refractivity contribution in [2.75, 3.05) is 44.8 Å². The van der Waals surface area contributed by atoms with Gasteiger partial charge < -0.3 is 20.1 Å². The van der Waals surface area contributed by atoms with Gasteiger partial charge in [0.05, 0.1) is 37.3 Å². The van der Waals surface area contributed by atoms with Gasteiger partial charge in [0, 0.05) is 30.7 Å². The molecule has 2 aromatic rings. The van der Waals surface area contributed by atoms with Crippen LogP contribution in [0, 0.1) is 17.8 Å². The number of benzene rings is 1. The zero-order chi connectivity index (χ0) is 30.2.